The molecule has 158 valence electrons. The number of imidazole rings is 1. The van der Waals surface area contributed by atoms with Gasteiger partial charge in [0.25, 0.3) is 5.91 Å². The summed E-state index contributed by atoms with van der Waals surface area (Å²) in [6.45, 7) is 0. The lowest BCUT2D eigenvalue weighted by Crippen LogP contribution is -2.13. The summed E-state index contributed by atoms with van der Waals surface area (Å²) in [7, 11) is 0. The zero-order chi connectivity index (χ0) is 21.6. The predicted molar refractivity (Wildman–Crippen MR) is 116 cm³/mol. The lowest BCUT2D eigenvalue weighted by molar-refractivity contribution is -0.110. The van der Waals surface area contributed by atoms with E-state index in [1.54, 1.807) is 24.5 Å². The van der Waals surface area contributed by atoms with Crippen LogP contribution >= 0.6 is 0 Å². The van der Waals surface area contributed by atoms with Crippen molar-refractivity contribution in [1.29, 1.82) is 0 Å². The molecule has 1 fully saturated rings. The molecular weight excluding hydrogens is 400 g/mol. The average molecular weight is 421 g/mol. The number of para-hydroxylation sites is 1. The topological polar surface area (TPSA) is 71.6 Å². The van der Waals surface area contributed by atoms with E-state index in [0.717, 1.165) is 43.2 Å². The Balaban J connectivity index is 1.54. The van der Waals surface area contributed by atoms with Crippen molar-refractivity contribution in [3.63, 3.8) is 0 Å². The van der Waals surface area contributed by atoms with Gasteiger partial charge in [0, 0.05) is 11.6 Å². The zero-order valence-corrected chi connectivity index (χ0v) is 16.7. The minimum Gasteiger partial charge on any atom is -0.326 e. The first kappa shape index (κ1) is 20.6. The molecule has 1 saturated carbocycles. The van der Waals surface area contributed by atoms with Crippen LogP contribution in [0.4, 0.5) is 14.5 Å². The lowest BCUT2D eigenvalue weighted by atomic mass is 10.1. The van der Waals surface area contributed by atoms with Gasteiger partial charge in [-0.3, -0.25) is 4.79 Å². The molecule has 2 aromatic carbocycles. The molecule has 0 spiro atoms. The van der Waals surface area contributed by atoms with E-state index in [1.165, 1.54) is 36.5 Å². The van der Waals surface area contributed by atoms with E-state index in [9.17, 15) is 13.6 Å². The average Bonchev–Trinajstić information content (AvgIpc) is 3.43. The summed E-state index contributed by atoms with van der Waals surface area (Å²) in [5, 5.41) is 10.2. The fraction of sp³-hybridized carbons (Fsp3) is 0.217. The second-order valence-electron chi connectivity index (χ2n) is 7.29. The number of hydrogen-bond acceptors (Lipinski definition) is 4. The molecule has 1 aliphatic rings. The number of anilines is 1. The Morgan fingerprint density at radius 2 is 1.81 bits per heavy atom. The van der Waals surface area contributed by atoms with Crippen molar-refractivity contribution in [2.45, 2.75) is 31.7 Å². The first-order valence-electron chi connectivity index (χ1n) is 10.1. The summed E-state index contributed by atoms with van der Waals surface area (Å²) >= 11 is 0. The van der Waals surface area contributed by atoms with Crippen molar-refractivity contribution >= 4 is 24.0 Å². The van der Waals surface area contributed by atoms with Gasteiger partial charge >= 0.3 is 0 Å². The standard InChI is InChI=1S/C23H21F2N5O/c24-17-11-9-16(10-12-17)23-21(30(15-26-23)18-5-1-2-6-18)13-27-28-14-22(31)29-20-8-4-3-7-19(20)25/h3-4,7-15,18H,1-2,5-6H2,(H,29,31). The van der Waals surface area contributed by atoms with Crippen LogP contribution in [-0.2, 0) is 4.79 Å². The molecule has 6 nitrogen and oxygen atoms in total. The van der Waals surface area contributed by atoms with Crippen LogP contribution in [0.15, 0.2) is 65.1 Å². The van der Waals surface area contributed by atoms with Gasteiger partial charge in [0.2, 0.25) is 0 Å². The van der Waals surface area contributed by atoms with Crippen LogP contribution in [0.3, 0.4) is 0 Å². The van der Waals surface area contributed by atoms with Gasteiger partial charge in [0.1, 0.15) is 17.8 Å². The quantitative estimate of drug-likeness (QED) is 0.450. The number of aromatic nitrogens is 2. The van der Waals surface area contributed by atoms with Gasteiger partial charge in [-0.25, -0.2) is 13.8 Å². The third-order valence-corrected chi connectivity index (χ3v) is 5.22. The Hall–Kier alpha value is -3.68. The Bertz CT molecular complexity index is 1120. The number of nitrogens with zero attached hydrogens (tertiary/aromatic N) is 4. The summed E-state index contributed by atoms with van der Waals surface area (Å²) in [6.07, 6.45) is 8.69. The molecule has 0 bridgehead atoms. The molecule has 0 radical (unpaired) electrons. The van der Waals surface area contributed by atoms with E-state index in [0.29, 0.717) is 11.7 Å². The maximum atomic E-state index is 13.6. The number of amides is 1. The third kappa shape index (κ3) is 4.91. The van der Waals surface area contributed by atoms with Crippen LogP contribution in [0.1, 0.15) is 37.4 Å². The van der Waals surface area contributed by atoms with E-state index >= 15 is 0 Å². The fourth-order valence-electron chi connectivity index (χ4n) is 3.70. The summed E-state index contributed by atoms with van der Waals surface area (Å²) in [5.74, 6) is -1.44. The number of carbonyl (C=O) groups is 1. The zero-order valence-electron chi connectivity index (χ0n) is 16.7. The highest BCUT2D eigenvalue weighted by Gasteiger charge is 2.21. The Labute approximate surface area is 178 Å². The highest BCUT2D eigenvalue weighted by Crippen LogP contribution is 2.33. The minimum absolute atomic E-state index is 0.0702. The minimum atomic E-state index is -0.592. The van der Waals surface area contributed by atoms with Gasteiger partial charge in [0.15, 0.2) is 0 Å². The number of hydrogen-bond donors (Lipinski definition) is 1. The van der Waals surface area contributed by atoms with Gasteiger partial charge in [-0.15, -0.1) is 0 Å². The molecule has 0 aliphatic heterocycles. The predicted octanol–water partition coefficient (Wildman–Crippen LogP) is 4.99. The SMILES string of the molecule is O=C(C=NN=Cc1c(-c2ccc(F)cc2)ncn1C1CCCC1)Nc1ccccc1F. The number of carbonyl (C=O) groups excluding carboxylic acids is 1. The van der Waals surface area contributed by atoms with E-state index in [4.69, 9.17) is 0 Å². The van der Waals surface area contributed by atoms with Gasteiger partial charge in [0.05, 0.1) is 29.6 Å². The van der Waals surface area contributed by atoms with Crippen LogP contribution < -0.4 is 5.32 Å². The number of halogens is 2. The van der Waals surface area contributed by atoms with Gasteiger partial charge in [-0.2, -0.15) is 10.2 Å². The molecule has 1 amide bonds. The van der Waals surface area contributed by atoms with Crippen LogP contribution in [0.25, 0.3) is 11.3 Å². The molecular formula is C23H21F2N5O. The lowest BCUT2D eigenvalue weighted by Gasteiger charge is -2.13. The van der Waals surface area contributed by atoms with Crippen LogP contribution in [0.2, 0.25) is 0 Å². The molecule has 31 heavy (non-hydrogen) atoms. The molecule has 0 atom stereocenters. The summed E-state index contributed by atoms with van der Waals surface area (Å²) in [6, 6.07) is 12.3. The maximum Gasteiger partial charge on any atom is 0.268 e. The Kier molecular flexibility index (Phi) is 6.26. The summed E-state index contributed by atoms with van der Waals surface area (Å²) in [5.41, 5.74) is 2.24. The first-order valence-corrected chi connectivity index (χ1v) is 10.1. The fourth-order valence-corrected chi connectivity index (χ4v) is 3.70. The van der Waals surface area contributed by atoms with Crippen molar-refractivity contribution in [2.24, 2.45) is 10.2 Å². The second kappa shape index (κ2) is 9.42. The molecule has 1 heterocycles. The van der Waals surface area contributed by atoms with E-state index in [2.05, 4.69) is 25.1 Å². The van der Waals surface area contributed by atoms with Crippen LogP contribution in [0, 0.1) is 11.6 Å². The van der Waals surface area contributed by atoms with Crippen LogP contribution in [-0.4, -0.2) is 27.9 Å². The van der Waals surface area contributed by atoms with Crippen molar-refractivity contribution < 1.29 is 13.6 Å². The molecule has 1 aliphatic carbocycles. The number of benzene rings is 2. The summed E-state index contributed by atoms with van der Waals surface area (Å²) in [4.78, 5) is 16.5. The van der Waals surface area contributed by atoms with Crippen molar-refractivity contribution in [2.75, 3.05) is 5.32 Å². The second-order valence-corrected chi connectivity index (χ2v) is 7.29. The normalized spacial score (nSPS) is 14.6. The van der Waals surface area contributed by atoms with Gasteiger partial charge in [-0.05, 0) is 49.2 Å². The smallest absolute Gasteiger partial charge is 0.268 e. The van der Waals surface area contributed by atoms with Crippen LogP contribution in [0.5, 0.6) is 0 Å². The molecule has 0 unspecified atom stereocenters. The molecule has 3 aromatic rings. The van der Waals surface area contributed by atoms with E-state index in [1.807, 2.05) is 0 Å². The van der Waals surface area contributed by atoms with Crippen molar-refractivity contribution in [3.8, 4) is 11.3 Å². The van der Waals surface area contributed by atoms with E-state index in [-0.39, 0.29) is 11.5 Å². The molecule has 4 rings (SSSR count). The Morgan fingerprint density at radius 3 is 2.55 bits per heavy atom. The molecule has 0 saturated heterocycles. The highest BCUT2D eigenvalue weighted by atomic mass is 19.1. The monoisotopic (exact) mass is 421 g/mol. The molecule has 8 heteroatoms. The number of nitrogens with one attached hydrogen (secondary N) is 1. The third-order valence-electron chi connectivity index (χ3n) is 5.22. The Morgan fingerprint density at radius 1 is 1.06 bits per heavy atom. The van der Waals surface area contributed by atoms with Gasteiger partial charge < -0.3 is 9.88 Å². The first-order chi connectivity index (χ1) is 15.1. The van der Waals surface area contributed by atoms with Gasteiger partial charge in [-0.1, -0.05) is 25.0 Å². The maximum absolute atomic E-state index is 13.6. The number of rotatable bonds is 6. The largest absolute Gasteiger partial charge is 0.326 e. The molecule has 1 aromatic heterocycles. The summed E-state index contributed by atoms with van der Waals surface area (Å²) < 4.78 is 29.0. The van der Waals surface area contributed by atoms with Crippen molar-refractivity contribution in [3.05, 3.63) is 72.2 Å². The van der Waals surface area contributed by atoms with E-state index < -0.39 is 11.7 Å². The van der Waals surface area contributed by atoms with Crippen molar-refractivity contribution in [1.82, 2.24) is 9.55 Å². The molecule has 1 N–H and O–H groups in total. The highest BCUT2D eigenvalue weighted by molar-refractivity contribution is 6.31.